The highest BCUT2D eigenvalue weighted by Crippen LogP contribution is 2.25. The predicted octanol–water partition coefficient (Wildman–Crippen LogP) is 3.71. The third kappa shape index (κ3) is 7.09. The summed E-state index contributed by atoms with van der Waals surface area (Å²) in [4.78, 5) is 6.92. The summed E-state index contributed by atoms with van der Waals surface area (Å²) in [6.45, 7) is 2.89. The van der Waals surface area contributed by atoms with Gasteiger partial charge in [-0.15, -0.1) is 24.0 Å². The number of furan rings is 1. The van der Waals surface area contributed by atoms with Crippen LogP contribution in [0.2, 0.25) is 0 Å². The van der Waals surface area contributed by atoms with Crippen LogP contribution in [-0.4, -0.2) is 57.9 Å². The van der Waals surface area contributed by atoms with Crippen LogP contribution in [0.3, 0.4) is 0 Å². The molecular weight excluding hydrogens is 497 g/mol. The molecule has 3 rings (SSSR count). The normalized spacial score (nSPS) is 16.1. The first-order valence-electron chi connectivity index (χ1n) is 10.0. The van der Waals surface area contributed by atoms with Crippen molar-refractivity contribution >= 4 is 29.9 Å². The summed E-state index contributed by atoms with van der Waals surface area (Å²) in [5, 5.41) is 3.46. The van der Waals surface area contributed by atoms with Crippen LogP contribution in [0, 0.1) is 0 Å². The van der Waals surface area contributed by atoms with E-state index in [9.17, 15) is 0 Å². The van der Waals surface area contributed by atoms with Crippen molar-refractivity contribution in [2.45, 2.75) is 31.9 Å². The summed E-state index contributed by atoms with van der Waals surface area (Å²) in [5.74, 6) is 3.36. The molecule has 0 radical (unpaired) electrons. The second-order valence-electron chi connectivity index (χ2n) is 7.09. The van der Waals surface area contributed by atoms with Gasteiger partial charge in [-0.3, -0.25) is 4.99 Å². The number of benzene rings is 1. The Bertz CT molecular complexity index is 777. The molecule has 1 atom stereocenters. The lowest BCUT2D eigenvalue weighted by molar-refractivity contribution is 0.117. The smallest absolute Gasteiger partial charge is 0.194 e. The molecule has 8 heteroatoms. The SMILES string of the molecule is COc1ccc(CN(C)C(=NCC2CCCO2)NCCc2ccco2)c(OC)c1.I. The number of ether oxygens (including phenoxy) is 3. The van der Waals surface area contributed by atoms with Crippen LogP contribution in [0.5, 0.6) is 11.5 Å². The highest BCUT2D eigenvalue weighted by atomic mass is 127. The zero-order chi connectivity index (χ0) is 20.5. The predicted molar refractivity (Wildman–Crippen MR) is 128 cm³/mol. The molecule has 0 saturated carbocycles. The van der Waals surface area contributed by atoms with Crippen LogP contribution in [-0.2, 0) is 17.7 Å². The number of hydrogen-bond acceptors (Lipinski definition) is 5. The molecule has 1 aliphatic rings. The largest absolute Gasteiger partial charge is 0.497 e. The summed E-state index contributed by atoms with van der Waals surface area (Å²) in [7, 11) is 5.35. The van der Waals surface area contributed by atoms with Crippen LogP contribution < -0.4 is 14.8 Å². The number of methoxy groups -OCH3 is 2. The molecule has 1 fully saturated rings. The average molecular weight is 529 g/mol. The van der Waals surface area contributed by atoms with Gasteiger partial charge in [0.2, 0.25) is 0 Å². The summed E-state index contributed by atoms with van der Waals surface area (Å²) in [6, 6.07) is 9.76. The van der Waals surface area contributed by atoms with Crippen molar-refractivity contribution in [1.29, 1.82) is 0 Å². The van der Waals surface area contributed by atoms with E-state index in [1.165, 1.54) is 0 Å². The Labute approximate surface area is 195 Å². The van der Waals surface area contributed by atoms with Gasteiger partial charge in [-0.05, 0) is 37.1 Å². The molecule has 166 valence electrons. The van der Waals surface area contributed by atoms with Crippen LogP contribution in [0.4, 0.5) is 0 Å². The molecule has 2 aromatic rings. The van der Waals surface area contributed by atoms with E-state index < -0.39 is 0 Å². The van der Waals surface area contributed by atoms with Gasteiger partial charge < -0.3 is 28.8 Å². The molecule has 1 aliphatic heterocycles. The number of halogens is 1. The van der Waals surface area contributed by atoms with Crippen molar-refractivity contribution in [3.05, 3.63) is 47.9 Å². The maximum absolute atomic E-state index is 5.72. The van der Waals surface area contributed by atoms with Crippen LogP contribution in [0.25, 0.3) is 0 Å². The monoisotopic (exact) mass is 529 g/mol. The minimum absolute atomic E-state index is 0. The molecule has 1 saturated heterocycles. The molecule has 1 N–H and O–H groups in total. The lowest BCUT2D eigenvalue weighted by atomic mass is 10.2. The van der Waals surface area contributed by atoms with Gasteiger partial charge in [0.1, 0.15) is 17.3 Å². The Kier molecular flexibility index (Phi) is 10.3. The van der Waals surface area contributed by atoms with E-state index in [0.29, 0.717) is 13.1 Å². The van der Waals surface area contributed by atoms with Crippen molar-refractivity contribution in [3.63, 3.8) is 0 Å². The fourth-order valence-electron chi connectivity index (χ4n) is 3.35. The van der Waals surface area contributed by atoms with Crippen LogP contribution >= 0.6 is 24.0 Å². The Morgan fingerprint density at radius 1 is 1.27 bits per heavy atom. The first-order chi connectivity index (χ1) is 14.2. The number of hydrogen-bond donors (Lipinski definition) is 1. The third-order valence-corrected chi connectivity index (χ3v) is 4.97. The quantitative estimate of drug-likeness (QED) is 0.304. The maximum atomic E-state index is 5.72. The fourth-order valence-corrected chi connectivity index (χ4v) is 3.35. The van der Waals surface area contributed by atoms with Gasteiger partial charge in [-0.1, -0.05) is 0 Å². The van der Waals surface area contributed by atoms with Crippen LogP contribution in [0.1, 0.15) is 24.2 Å². The number of rotatable bonds is 9. The number of aliphatic imine (C=N–C) groups is 1. The molecule has 0 bridgehead atoms. The molecular formula is C22H32IN3O4. The molecule has 1 unspecified atom stereocenters. The molecule has 1 aromatic heterocycles. The van der Waals surface area contributed by atoms with Crippen molar-refractivity contribution in [2.24, 2.45) is 4.99 Å². The topological polar surface area (TPSA) is 68.5 Å². The van der Waals surface area contributed by atoms with Crippen LogP contribution in [0.15, 0.2) is 46.0 Å². The van der Waals surface area contributed by atoms with Gasteiger partial charge in [-0.2, -0.15) is 0 Å². The van der Waals surface area contributed by atoms with Gasteiger partial charge in [0.15, 0.2) is 5.96 Å². The second kappa shape index (κ2) is 12.7. The average Bonchev–Trinajstić information content (AvgIpc) is 3.44. The standard InChI is InChI=1S/C22H31N3O4.HI/c1-25(16-17-8-9-19(26-2)14-21(17)27-3)22(24-15-20-7-5-13-29-20)23-11-10-18-6-4-12-28-18;/h4,6,8-9,12,14,20H,5,7,10-11,13,15-16H2,1-3H3,(H,23,24);1H. The molecule has 7 nitrogen and oxygen atoms in total. The van der Waals surface area contributed by atoms with Crippen molar-refractivity contribution < 1.29 is 18.6 Å². The molecule has 30 heavy (non-hydrogen) atoms. The van der Waals surface area contributed by atoms with Gasteiger partial charge in [0, 0.05) is 44.8 Å². The summed E-state index contributed by atoms with van der Waals surface area (Å²) < 4.78 is 22.0. The summed E-state index contributed by atoms with van der Waals surface area (Å²) >= 11 is 0. The highest BCUT2D eigenvalue weighted by molar-refractivity contribution is 14.0. The van der Waals surface area contributed by atoms with E-state index in [4.69, 9.17) is 23.6 Å². The van der Waals surface area contributed by atoms with Gasteiger partial charge in [-0.25, -0.2) is 0 Å². The van der Waals surface area contributed by atoms with Gasteiger partial charge >= 0.3 is 0 Å². The number of nitrogens with one attached hydrogen (secondary N) is 1. The van der Waals surface area contributed by atoms with Crippen molar-refractivity contribution in [3.8, 4) is 11.5 Å². The van der Waals surface area contributed by atoms with E-state index in [1.807, 2.05) is 37.4 Å². The molecule has 0 amide bonds. The van der Waals surface area contributed by atoms with Crippen molar-refractivity contribution in [1.82, 2.24) is 10.2 Å². The first kappa shape index (κ1) is 24.3. The Morgan fingerprint density at radius 2 is 2.13 bits per heavy atom. The zero-order valence-electron chi connectivity index (χ0n) is 17.9. The fraction of sp³-hybridized carbons (Fsp3) is 0.500. The van der Waals surface area contributed by atoms with E-state index in [2.05, 4.69) is 10.2 Å². The highest BCUT2D eigenvalue weighted by Gasteiger charge is 2.17. The molecule has 2 heterocycles. The third-order valence-electron chi connectivity index (χ3n) is 4.97. The molecule has 0 spiro atoms. The molecule has 0 aliphatic carbocycles. The van der Waals surface area contributed by atoms with Gasteiger partial charge in [0.25, 0.3) is 0 Å². The number of guanidine groups is 1. The molecule has 1 aromatic carbocycles. The minimum atomic E-state index is 0. The maximum Gasteiger partial charge on any atom is 0.194 e. The zero-order valence-corrected chi connectivity index (χ0v) is 20.3. The van der Waals surface area contributed by atoms with E-state index in [1.54, 1.807) is 20.5 Å². The van der Waals surface area contributed by atoms with Crippen molar-refractivity contribution in [2.75, 3.05) is 41.0 Å². The summed E-state index contributed by atoms with van der Waals surface area (Å²) in [6.07, 6.45) is 4.88. The van der Waals surface area contributed by atoms with E-state index in [0.717, 1.165) is 61.2 Å². The summed E-state index contributed by atoms with van der Waals surface area (Å²) in [5.41, 5.74) is 1.06. The first-order valence-corrected chi connectivity index (χ1v) is 10.0. The van der Waals surface area contributed by atoms with E-state index in [-0.39, 0.29) is 30.1 Å². The Morgan fingerprint density at radius 3 is 2.80 bits per heavy atom. The lowest BCUT2D eigenvalue weighted by Crippen LogP contribution is -2.40. The lowest BCUT2D eigenvalue weighted by Gasteiger charge is -2.24. The van der Waals surface area contributed by atoms with Gasteiger partial charge in [0.05, 0.1) is 33.1 Å². The second-order valence-corrected chi connectivity index (χ2v) is 7.09. The van der Waals surface area contributed by atoms with E-state index >= 15 is 0 Å². The Hall–Kier alpha value is -1.94. The number of nitrogens with zero attached hydrogens (tertiary/aromatic N) is 2. The minimum Gasteiger partial charge on any atom is -0.497 e. The Balaban J connectivity index is 0.00000320.